The maximum atomic E-state index is 5.48. The van der Waals surface area contributed by atoms with Crippen LogP contribution in [0.25, 0.3) is 0 Å². The van der Waals surface area contributed by atoms with E-state index in [4.69, 9.17) is 5.73 Å². The fourth-order valence-corrected chi connectivity index (χ4v) is 1.43. The zero-order chi connectivity index (χ0) is 5.98. The van der Waals surface area contributed by atoms with E-state index in [0.717, 1.165) is 28.2 Å². The van der Waals surface area contributed by atoms with Gasteiger partial charge in [-0.3, -0.25) is 0 Å². The molecule has 0 aromatic heterocycles. The van der Waals surface area contributed by atoms with Gasteiger partial charge in [0.25, 0.3) is 0 Å². The number of hydrogen-bond donors (Lipinski definition) is 1. The third-order valence-corrected chi connectivity index (χ3v) is 1.94. The van der Waals surface area contributed by atoms with Crippen molar-refractivity contribution < 1.29 is 0 Å². The topological polar surface area (TPSA) is 26.0 Å². The third kappa shape index (κ3) is 1.40. The molecular formula is C6H7NSn. The summed E-state index contributed by atoms with van der Waals surface area (Å²) < 4.78 is 1.34. The minimum atomic E-state index is 0.870. The van der Waals surface area contributed by atoms with Crippen molar-refractivity contribution in [3.63, 3.8) is 0 Å². The Morgan fingerprint density at radius 1 is 1.38 bits per heavy atom. The Balaban J connectivity index is 3.08. The normalized spacial score (nSPS) is 9.12. The zero-order valence-electron chi connectivity index (χ0n) is 4.46. The second-order valence-electron chi connectivity index (χ2n) is 1.67. The van der Waals surface area contributed by atoms with Crippen molar-refractivity contribution in [3.8, 4) is 0 Å². The van der Waals surface area contributed by atoms with Crippen LogP contribution in [-0.4, -0.2) is 22.5 Å². The SMILES string of the molecule is Nc1ccc[c]([SnH])c1. The van der Waals surface area contributed by atoms with Crippen molar-refractivity contribution in [2.45, 2.75) is 0 Å². The number of rotatable bonds is 0. The van der Waals surface area contributed by atoms with E-state index >= 15 is 0 Å². The van der Waals surface area contributed by atoms with Gasteiger partial charge >= 0.3 is 61.8 Å². The van der Waals surface area contributed by atoms with E-state index in [2.05, 4.69) is 6.07 Å². The molecule has 8 heavy (non-hydrogen) atoms. The molecule has 1 rings (SSSR count). The molecule has 1 aromatic rings. The van der Waals surface area contributed by atoms with Crippen molar-refractivity contribution in [3.05, 3.63) is 24.3 Å². The molecule has 0 atom stereocenters. The molecule has 0 heterocycles. The Hall–Kier alpha value is -0.181. The molecule has 2 radical (unpaired) electrons. The van der Waals surface area contributed by atoms with E-state index in [1.165, 1.54) is 3.58 Å². The Morgan fingerprint density at radius 3 is 2.50 bits per heavy atom. The Bertz CT molecular complexity index is 168. The van der Waals surface area contributed by atoms with Gasteiger partial charge in [0.05, 0.1) is 0 Å². The Labute approximate surface area is 62.0 Å². The summed E-state index contributed by atoms with van der Waals surface area (Å²) in [6.45, 7) is 0. The molecule has 0 fully saturated rings. The van der Waals surface area contributed by atoms with Gasteiger partial charge in [-0.15, -0.1) is 0 Å². The number of nitrogen functional groups attached to an aromatic ring is 1. The Kier molecular flexibility index (Phi) is 1.78. The first-order chi connectivity index (χ1) is 3.79. The van der Waals surface area contributed by atoms with Crippen LogP contribution >= 0.6 is 0 Å². The first kappa shape index (κ1) is 5.95. The quantitative estimate of drug-likeness (QED) is 0.467. The van der Waals surface area contributed by atoms with Gasteiger partial charge in [-0.1, -0.05) is 0 Å². The summed E-state index contributed by atoms with van der Waals surface area (Å²) in [7, 11) is 0. The van der Waals surface area contributed by atoms with Gasteiger partial charge in [-0.05, 0) is 0 Å². The molecule has 0 unspecified atom stereocenters. The number of anilines is 1. The number of benzene rings is 1. The predicted molar refractivity (Wildman–Crippen MR) is 37.6 cm³/mol. The monoisotopic (exact) mass is 213 g/mol. The van der Waals surface area contributed by atoms with Crippen LogP contribution in [0.3, 0.4) is 0 Å². The summed E-state index contributed by atoms with van der Waals surface area (Å²) in [5.74, 6) is 0. The Morgan fingerprint density at radius 2 is 2.12 bits per heavy atom. The average Bonchev–Trinajstić information content (AvgIpc) is 1.64. The molecule has 0 aliphatic rings. The average molecular weight is 212 g/mol. The van der Waals surface area contributed by atoms with E-state index in [1.54, 1.807) is 0 Å². The molecule has 0 spiro atoms. The second kappa shape index (κ2) is 2.39. The van der Waals surface area contributed by atoms with Crippen LogP contribution in [0.1, 0.15) is 0 Å². The summed E-state index contributed by atoms with van der Waals surface area (Å²) in [5, 5.41) is 0. The van der Waals surface area contributed by atoms with Crippen LogP contribution in [-0.2, 0) is 0 Å². The van der Waals surface area contributed by atoms with Crippen molar-refractivity contribution in [1.29, 1.82) is 0 Å². The molecule has 0 saturated heterocycles. The van der Waals surface area contributed by atoms with Crippen LogP contribution in [0, 0.1) is 0 Å². The second-order valence-corrected chi connectivity index (χ2v) is 3.57. The van der Waals surface area contributed by atoms with E-state index in [9.17, 15) is 0 Å². The maximum absolute atomic E-state index is 5.48. The van der Waals surface area contributed by atoms with Gasteiger partial charge in [0.1, 0.15) is 0 Å². The molecule has 0 saturated carbocycles. The van der Waals surface area contributed by atoms with Crippen molar-refractivity contribution in [1.82, 2.24) is 0 Å². The summed E-state index contributed by atoms with van der Waals surface area (Å²) in [6.07, 6.45) is 0. The molecule has 40 valence electrons. The summed E-state index contributed by atoms with van der Waals surface area (Å²) >= 11 is 1.15. The molecule has 0 amide bonds. The zero-order valence-corrected chi connectivity index (χ0v) is 7.76. The van der Waals surface area contributed by atoms with Crippen LogP contribution in [0.4, 0.5) is 5.69 Å². The van der Waals surface area contributed by atoms with Gasteiger partial charge < -0.3 is 0 Å². The number of hydrogen-bond acceptors (Lipinski definition) is 1. The molecule has 1 nitrogen and oxygen atoms in total. The van der Waals surface area contributed by atoms with E-state index in [0.29, 0.717) is 0 Å². The molecule has 0 aliphatic carbocycles. The molecule has 1 aromatic carbocycles. The summed E-state index contributed by atoms with van der Waals surface area (Å²) in [6, 6.07) is 7.97. The van der Waals surface area contributed by atoms with E-state index in [1.807, 2.05) is 18.2 Å². The standard InChI is InChI=1S/C6H6N.Sn.H/c7-6-4-2-1-3-5-6;;/h1-2,4-5H,7H2;;. The first-order valence-electron chi connectivity index (χ1n) is 2.40. The van der Waals surface area contributed by atoms with Crippen molar-refractivity contribution in [2.24, 2.45) is 0 Å². The fraction of sp³-hybridized carbons (Fsp3) is 0. The summed E-state index contributed by atoms with van der Waals surface area (Å²) in [5.41, 5.74) is 6.35. The van der Waals surface area contributed by atoms with E-state index < -0.39 is 0 Å². The molecule has 0 aliphatic heterocycles. The fourth-order valence-electron chi connectivity index (χ4n) is 0.559. The van der Waals surface area contributed by atoms with Crippen LogP contribution in [0.5, 0.6) is 0 Å². The molecule has 2 N–H and O–H groups in total. The first-order valence-corrected chi connectivity index (χ1v) is 4.05. The van der Waals surface area contributed by atoms with Gasteiger partial charge in [-0.2, -0.15) is 0 Å². The van der Waals surface area contributed by atoms with Crippen LogP contribution in [0.2, 0.25) is 0 Å². The third-order valence-electron chi connectivity index (χ3n) is 0.911. The van der Waals surface area contributed by atoms with Crippen molar-refractivity contribution >= 4 is 31.8 Å². The van der Waals surface area contributed by atoms with Gasteiger partial charge in [0, 0.05) is 0 Å². The van der Waals surface area contributed by atoms with E-state index in [-0.39, 0.29) is 0 Å². The molecular weight excluding hydrogens is 205 g/mol. The summed E-state index contributed by atoms with van der Waals surface area (Å²) in [4.78, 5) is 0. The number of nitrogens with two attached hydrogens (primary N) is 1. The molecule has 0 bridgehead atoms. The van der Waals surface area contributed by atoms with Crippen molar-refractivity contribution in [2.75, 3.05) is 5.73 Å². The predicted octanol–water partition coefficient (Wildman–Crippen LogP) is -0.205. The van der Waals surface area contributed by atoms with Gasteiger partial charge in [0.2, 0.25) is 0 Å². The van der Waals surface area contributed by atoms with Crippen LogP contribution in [0.15, 0.2) is 24.3 Å². The van der Waals surface area contributed by atoms with Crippen LogP contribution < -0.4 is 9.31 Å². The van der Waals surface area contributed by atoms with Gasteiger partial charge in [0.15, 0.2) is 0 Å². The van der Waals surface area contributed by atoms with Gasteiger partial charge in [-0.25, -0.2) is 0 Å². The minimum absolute atomic E-state index is 0.870. The molecule has 2 heteroatoms.